The third-order valence-electron chi connectivity index (χ3n) is 5.59. The lowest BCUT2D eigenvalue weighted by molar-refractivity contribution is 0.0745. The van der Waals surface area contributed by atoms with Crippen LogP contribution in [0.15, 0.2) is 61.3 Å². The standard InChI is InChI=1S/C25H25N5O/c1-16-8-9-28-20(10-16)11-18(3)30(4)25(31)22-12-23(19-13-26-15-27-14-19)29-24-17(2)6-5-7-21(22)24/h5-10,12-15,18H,11H2,1-4H3/t18-/m1/s1. The molecule has 156 valence electrons. The fourth-order valence-corrected chi connectivity index (χ4v) is 3.69. The molecule has 1 amide bonds. The highest BCUT2D eigenvalue weighted by molar-refractivity contribution is 6.07. The maximum Gasteiger partial charge on any atom is 0.254 e. The Kier molecular flexibility index (Phi) is 5.71. The number of pyridine rings is 2. The third-order valence-corrected chi connectivity index (χ3v) is 5.59. The van der Waals surface area contributed by atoms with Gasteiger partial charge in [-0.1, -0.05) is 18.2 Å². The first-order valence-corrected chi connectivity index (χ1v) is 10.3. The van der Waals surface area contributed by atoms with E-state index in [1.807, 2.05) is 64.3 Å². The Hall–Kier alpha value is -3.67. The molecule has 0 aliphatic carbocycles. The van der Waals surface area contributed by atoms with Gasteiger partial charge in [0.05, 0.1) is 16.8 Å². The lowest BCUT2D eigenvalue weighted by Gasteiger charge is -2.26. The first-order chi connectivity index (χ1) is 14.9. The number of hydrogen-bond acceptors (Lipinski definition) is 5. The molecule has 6 nitrogen and oxygen atoms in total. The van der Waals surface area contributed by atoms with E-state index < -0.39 is 0 Å². The SMILES string of the molecule is Cc1ccnc(C[C@@H](C)N(C)C(=O)c2cc(-c3cncnc3)nc3c(C)cccc23)c1. The van der Waals surface area contributed by atoms with E-state index in [-0.39, 0.29) is 11.9 Å². The summed E-state index contributed by atoms with van der Waals surface area (Å²) in [5.41, 5.74) is 6.06. The van der Waals surface area contributed by atoms with Crippen LogP contribution in [0.1, 0.15) is 34.1 Å². The van der Waals surface area contributed by atoms with Gasteiger partial charge in [-0.05, 0) is 50.1 Å². The molecule has 0 saturated carbocycles. The number of aromatic nitrogens is 4. The van der Waals surface area contributed by atoms with Crippen LogP contribution in [0.2, 0.25) is 0 Å². The Morgan fingerprint density at radius 3 is 2.61 bits per heavy atom. The first kappa shape index (κ1) is 20.6. The number of para-hydroxylation sites is 1. The quantitative estimate of drug-likeness (QED) is 0.486. The van der Waals surface area contributed by atoms with Crippen LogP contribution < -0.4 is 0 Å². The number of carbonyl (C=O) groups excluding carboxylic acids is 1. The van der Waals surface area contributed by atoms with Crippen molar-refractivity contribution in [3.05, 3.63) is 83.7 Å². The summed E-state index contributed by atoms with van der Waals surface area (Å²) in [5, 5.41) is 0.846. The second-order valence-corrected chi connectivity index (χ2v) is 7.95. The van der Waals surface area contributed by atoms with Crippen LogP contribution >= 0.6 is 0 Å². The predicted molar refractivity (Wildman–Crippen MR) is 122 cm³/mol. The predicted octanol–water partition coefficient (Wildman–Crippen LogP) is 4.41. The molecule has 0 unspecified atom stereocenters. The van der Waals surface area contributed by atoms with Gasteiger partial charge < -0.3 is 4.90 Å². The summed E-state index contributed by atoms with van der Waals surface area (Å²) < 4.78 is 0. The van der Waals surface area contributed by atoms with Crippen molar-refractivity contribution in [2.45, 2.75) is 33.2 Å². The molecule has 31 heavy (non-hydrogen) atoms. The van der Waals surface area contributed by atoms with E-state index in [0.717, 1.165) is 33.3 Å². The molecule has 0 fully saturated rings. The Bertz CT molecular complexity index is 1240. The number of aryl methyl sites for hydroxylation is 2. The van der Waals surface area contributed by atoms with Crippen LogP contribution in [0.5, 0.6) is 0 Å². The van der Waals surface area contributed by atoms with E-state index in [4.69, 9.17) is 4.98 Å². The minimum absolute atomic E-state index is 0.0154. The van der Waals surface area contributed by atoms with Crippen molar-refractivity contribution in [1.29, 1.82) is 0 Å². The monoisotopic (exact) mass is 411 g/mol. The molecule has 4 aromatic rings. The number of nitrogens with zero attached hydrogens (tertiary/aromatic N) is 5. The van der Waals surface area contributed by atoms with Crippen molar-refractivity contribution < 1.29 is 4.79 Å². The number of amides is 1. The van der Waals surface area contributed by atoms with Gasteiger partial charge >= 0.3 is 0 Å². The molecular weight excluding hydrogens is 386 g/mol. The van der Waals surface area contributed by atoms with E-state index >= 15 is 0 Å². The van der Waals surface area contributed by atoms with Crippen molar-refractivity contribution in [3.8, 4) is 11.3 Å². The van der Waals surface area contributed by atoms with Crippen LogP contribution in [0.25, 0.3) is 22.2 Å². The maximum atomic E-state index is 13.6. The van der Waals surface area contributed by atoms with Crippen LogP contribution in [0.4, 0.5) is 0 Å². The van der Waals surface area contributed by atoms with E-state index in [2.05, 4.69) is 21.0 Å². The molecule has 0 N–H and O–H groups in total. The van der Waals surface area contributed by atoms with Crippen LogP contribution in [-0.2, 0) is 6.42 Å². The minimum Gasteiger partial charge on any atom is -0.339 e. The highest BCUT2D eigenvalue weighted by atomic mass is 16.2. The largest absolute Gasteiger partial charge is 0.339 e. The first-order valence-electron chi connectivity index (χ1n) is 10.3. The molecule has 0 bridgehead atoms. The van der Waals surface area contributed by atoms with Crippen LogP contribution in [0.3, 0.4) is 0 Å². The molecule has 6 heteroatoms. The molecule has 0 radical (unpaired) electrons. The van der Waals surface area contributed by atoms with Crippen molar-refractivity contribution in [2.75, 3.05) is 7.05 Å². The van der Waals surface area contributed by atoms with Gasteiger partial charge in [-0.2, -0.15) is 0 Å². The summed E-state index contributed by atoms with van der Waals surface area (Å²) in [7, 11) is 1.84. The number of fused-ring (bicyclic) bond motifs is 1. The van der Waals surface area contributed by atoms with Gasteiger partial charge in [0.15, 0.2) is 0 Å². The minimum atomic E-state index is -0.0451. The normalized spacial score (nSPS) is 12.0. The summed E-state index contributed by atoms with van der Waals surface area (Å²) in [6.45, 7) is 6.10. The average molecular weight is 412 g/mol. The van der Waals surface area contributed by atoms with Crippen molar-refractivity contribution in [3.63, 3.8) is 0 Å². The summed E-state index contributed by atoms with van der Waals surface area (Å²) in [6.07, 6.45) is 7.40. The zero-order valence-electron chi connectivity index (χ0n) is 18.2. The second-order valence-electron chi connectivity index (χ2n) is 7.95. The van der Waals surface area contributed by atoms with Crippen LogP contribution in [-0.4, -0.2) is 43.8 Å². The molecule has 0 saturated heterocycles. The van der Waals surface area contributed by atoms with Gasteiger partial charge in [0.1, 0.15) is 6.33 Å². The topological polar surface area (TPSA) is 71.9 Å². The highest BCUT2D eigenvalue weighted by Crippen LogP contribution is 2.27. The molecule has 0 aliphatic rings. The molecule has 1 atom stereocenters. The smallest absolute Gasteiger partial charge is 0.254 e. The molecule has 3 aromatic heterocycles. The lowest BCUT2D eigenvalue weighted by Crippen LogP contribution is -2.36. The highest BCUT2D eigenvalue weighted by Gasteiger charge is 2.22. The van der Waals surface area contributed by atoms with Gasteiger partial charge in [-0.25, -0.2) is 15.0 Å². The van der Waals surface area contributed by atoms with E-state index in [1.54, 1.807) is 17.3 Å². The molecule has 3 heterocycles. The number of likely N-dealkylation sites (N-methyl/N-ethyl adjacent to an activating group) is 1. The molecule has 0 aliphatic heterocycles. The van der Waals surface area contributed by atoms with Gasteiger partial charge in [0, 0.05) is 54.7 Å². The van der Waals surface area contributed by atoms with Crippen molar-refractivity contribution >= 4 is 16.8 Å². The number of hydrogen-bond donors (Lipinski definition) is 0. The summed E-state index contributed by atoms with van der Waals surface area (Å²) >= 11 is 0. The number of rotatable bonds is 5. The second kappa shape index (κ2) is 8.60. The fourth-order valence-electron chi connectivity index (χ4n) is 3.69. The molecule has 0 spiro atoms. The van der Waals surface area contributed by atoms with Gasteiger partial charge in [-0.15, -0.1) is 0 Å². The lowest BCUT2D eigenvalue weighted by atomic mass is 10.0. The molecule has 1 aromatic carbocycles. The number of carbonyl (C=O) groups is 1. The van der Waals surface area contributed by atoms with E-state index in [0.29, 0.717) is 17.7 Å². The van der Waals surface area contributed by atoms with Gasteiger partial charge in [0.2, 0.25) is 0 Å². The Labute approximate surface area is 182 Å². The maximum absolute atomic E-state index is 13.6. The number of benzene rings is 1. The Morgan fingerprint density at radius 2 is 1.87 bits per heavy atom. The summed E-state index contributed by atoms with van der Waals surface area (Å²) in [5.74, 6) is -0.0451. The molecule has 4 rings (SSSR count). The summed E-state index contributed by atoms with van der Waals surface area (Å²) in [6, 6.07) is 11.8. The Morgan fingerprint density at radius 1 is 1.10 bits per heavy atom. The zero-order chi connectivity index (χ0) is 22.0. The Balaban J connectivity index is 1.73. The average Bonchev–Trinajstić information content (AvgIpc) is 2.78. The fraction of sp³-hybridized carbons (Fsp3) is 0.240. The van der Waals surface area contributed by atoms with E-state index in [1.165, 1.54) is 6.33 Å². The van der Waals surface area contributed by atoms with Crippen LogP contribution in [0, 0.1) is 13.8 Å². The zero-order valence-corrected chi connectivity index (χ0v) is 18.2. The van der Waals surface area contributed by atoms with E-state index in [9.17, 15) is 4.79 Å². The molecular formula is C25H25N5O. The summed E-state index contributed by atoms with van der Waals surface area (Å²) in [4.78, 5) is 32.8. The van der Waals surface area contributed by atoms with Gasteiger partial charge in [0.25, 0.3) is 5.91 Å². The van der Waals surface area contributed by atoms with Crippen molar-refractivity contribution in [1.82, 2.24) is 24.8 Å². The van der Waals surface area contributed by atoms with Gasteiger partial charge in [-0.3, -0.25) is 9.78 Å². The van der Waals surface area contributed by atoms with Crippen molar-refractivity contribution in [2.24, 2.45) is 0 Å². The third kappa shape index (κ3) is 4.28.